The number of pyridine rings is 1. The van der Waals surface area contributed by atoms with Crippen LogP contribution in [0, 0.1) is 11.3 Å². The minimum Gasteiger partial charge on any atom is -0.376 e. The highest BCUT2D eigenvalue weighted by atomic mass is 16.6. The zero-order valence-electron chi connectivity index (χ0n) is 7.64. The molecule has 4 heteroatoms. The van der Waals surface area contributed by atoms with E-state index in [0.717, 1.165) is 5.69 Å². The fourth-order valence-corrected chi connectivity index (χ4v) is 1.32. The van der Waals surface area contributed by atoms with E-state index in [2.05, 4.69) is 4.98 Å². The SMILES string of the molecule is N#Cc1ccc(C2COCCO2)nc1. The molecule has 0 radical (unpaired) electrons. The Morgan fingerprint density at radius 1 is 1.43 bits per heavy atom. The van der Waals surface area contributed by atoms with Gasteiger partial charge >= 0.3 is 0 Å². The lowest BCUT2D eigenvalue weighted by molar-refractivity contribution is -0.0917. The molecule has 0 N–H and O–H groups in total. The Bertz CT molecular complexity index is 336. The van der Waals surface area contributed by atoms with Crippen LogP contribution < -0.4 is 0 Å². The van der Waals surface area contributed by atoms with E-state index in [1.165, 1.54) is 0 Å². The molecule has 0 aromatic carbocycles. The van der Waals surface area contributed by atoms with Crippen LogP contribution in [0.2, 0.25) is 0 Å². The Hall–Kier alpha value is -1.44. The number of ether oxygens (including phenoxy) is 2. The monoisotopic (exact) mass is 190 g/mol. The van der Waals surface area contributed by atoms with Gasteiger partial charge in [-0.1, -0.05) is 0 Å². The second-order valence-corrected chi connectivity index (χ2v) is 3.02. The summed E-state index contributed by atoms with van der Waals surface area (Å²) in [6, 6.07) is 5.56. The summed E-state index contributed by atoms with van der Waals surface area (Å²) in [6.07, 6.45) is 1.46. The lowest BCUT2D eigenvalue weighted by atomic mass is 10.2. The molecule has 1 saturated heterocycles. The summed E-state index contributed by atoms with van der Waals surface area (Å²) >= 11 is 0. The van der Waals surface area contributed by atoms with E-state index >= 15 is 0 Å². The molecule has 1 fully saturated rings. The predicted molar refractivity (Wildman–Crippen MR) is 48.5 cm³/mol. The molecule has 0 saturated carbocycles. The Morgan fingerprint density at radius 3 is 2.93 bits per heavy atom. The Morgan fingerprint density at radius 2 is 2.36 bits per heavy atom. The Balaban J connectivity index is 2.12. The highest BCUT2D eigenvalue weighted by Gasteiger charge is 2.17. The topological polar surface area (TPSA) is 55.1 Å². The van der Waals surface area contributed by atoms with E-state index in [0.29, 0.717) is 25.4 Å². The molecule has 2 rings (SSSR count). The predicted octanol–water partition coefficient (Wildman–Crippen LogP) is 1.04. The van der Waals surface area contributed by atoms with Gasteiger partial charge in [-0.2, -0.15) is 5.26 Å². The smallest absolute Gasteiger partial charge is 0.123 e. The first-order valence-corrected chi connectivity index (χ1v) is 4.45. The van der Waals surface area contributed by atoms with Crippen LogP contribution in [0.3, 0.4) is 0 Å². The van der Waals surface area contributed by atoms with Crippen molar-refractivity contribution in [2.75, 3.05) is 19.8 Å². The average molecular weight is 190 g/mol. The number of rotatable bonds is 1. The molecule has 14 heavy (non-hydrogen) atoms. The Labute approximate surface area is 82.1 Å². The van der Waals surface area contributed by atoms with Crippen LogP contribution in [0.15, 0.2) is 18.3 Å². The van der Waals surface area contributed by atoms with Crippen molar-refractivity contribution in [2.45, 2.75) is 6.10 Å². The second-order valence-electron chi connectivity index (χ2n) is 3.02. The lowest BCUT2D eigenvalue weighted by Gasteiger charge is -2.22. The molecule has 1 atom stereocenters. The van der Waals surface area contributed by atoms with E-state index in [-0.39, 0.29) is 6.10 Å². The van der Waals surface area contributed by atoms with E-state index in [9.17, 15) is 0 Å². The molecular formula is C10H10N2O2. The maximum Gasteiger partial charge on any atom is 0.123 e. The average Bonchev–Trinajstić information content (AvgIpc) is 2.30. The van der Waals surface area contributed by atoms with Crippen molar-refractivity contribution >= 4 is 0 Å². The highest BCUT2D eigenvalue weighted by Crippen LogP contribution is 2.18. The fourth-order valence-electron chi connectivity index (χ4n) is 1.32. The molecule has 1 aliphatic heterocycles. The summed E-state index contributed by atoms with van der Waals surface area (Å²) in [4.78, 5) is 4.15. The number of nitrogens with zero attached hydrogens (tertiary/aromatic N) is 2. The summed E-state index contributed by atoms with van der Waals surface area (Å²) in [5.74, 6) is 0. The van der Waals surface area contributed by atoms with Crippen molar-refractivity contribution in [2.24, 2.45) is 0 Å². The fraction of sp³-hybridized carbons (Fsp3) is 0.400. The van der Waals surface area contributed by atoms with E-state index in [1.54, 1.807) is 18.3 Å². The van der Waals surface area contributed by atoms with Crippen molar-refractivity contribution in [3.05, 3.63) is 29.6 Å². The molecule has 0 bridgehead atoms. The van der Waals surface area contributed by atoms with Gasteiger partial charge in [0.25, 0.3) is 0 Å². The van der Waals surface area contributed by atoms with Crippen LogP contribution in [0.4, 0.5) is 0 Å². The molecule has 72 valence electrons. The van der Waals surface area contributed by atoms with Crippen molar-refractivity contribution < 1.29 is 9.47 Å². The van der Waals surface area contributed by atoms with Crippen LogP contribution in [0.25, 0.3) is 0 Å². The van der Waals surface area contributed by atoms with Gasteiger partial charge in [-0.15, -0.1) is 0 Å². The normalized spacial score (nSPS) is 21.5. The molecule has 1 aliphatic rings. The van der Waals surface area contributed by atoms with Crippen LogP contribution in [0.5, 0.6) is 0 Å². The summed E-state index contributed by atoms with van der Waals surface area (Å²) in [6.45, 7) is 1.79. The van der Waals surface area contributed by atoms with Gasteiger partial charge in [-0.3, -0.25) is 4.98 Å². The quantitative estimate of drug-likeness (QED) is 0.664. The lowest BCUT2D eigenvalue weighted by Crippen LogP contribution is -2.22. The largest absolute Gasteiger partial charge is 0.376 e. The van der Waals surface area contributed by atoms with Crippen molar-refractivity contribution in [3.8, 4) is 6.07 Å². The zero-order valence-corrected chi connectivity index (χ0v) is 7.64. The van der Waals surface area contributed by atoms with Gasteiger partial charge in [0.2, 0.25) is 0 Å². The van der Waals surface area contributed by atoms with Gasteiger partial charge in [0.15, 0.2) is 0 Å². The maximum atomic E-state index is 8.59. The van der Waals surface area contributed by atoms with Gasteiger partial charge in [0.05, 0.1) is 31.1 Å². The maximum absolute atomic E-state index is 8.59. The molecule has 4 nitrogen and oxygen atoms in total. The number of hydrogen-bond donors (Lipinski definition) is 0. The molecule has 0 aliphatic carbocycles. The van der Waals surface area contributed by atoms with Gasteiger partial charge in [-0.25, -0.2) is 0 Å². The number of hydrogen-bond acceptors (Lipinski definition) is 4. The van der Waals surface area contributed by atoms with Crippen LogP contribution in [0.1, 0.15) is 17.4 Å². The van der Waals surface area contributed by atoms with E-state index < -0.39 is 0 Å². The van der Waals surface area contributed by atoms with E-state index in [1.807, 2.05) is 6.07 Å². The van der Waals surface area contributed by atoms with Gasteiger partial charge in [0, 0.05) is 6.20 Å². The third-order valence-electron chi connectivity index (χ3n) is 2.06. The third kappa shape index (κ3) is 1.90. The van der Waals surface area contributed by atoms with Gasteiger partial charge < -0.3 is 9.47 Å². The summed E-state index contributed by atoms with van der Waals surface area (Å²) < 4.78 is 10.7. The molecule has 1 unspecified atom stereocenters. The van der Waals surface area contributed by atoms with Gasteiger partial charge in [0.1, 0.15) is 12.2 Å². The minimum atomic E-state index is -0.0866. The zero-order chi connectivity index (χ0) is 9.80. The first kappa shape index (κ1) is 9.13. The van der Waals surface area contributed by atoms with Crippen LogP contribution in [-0.2, 0) is 9.47 Å². The number of aromatic nitrogens is 1. The molecule has 0 amide bonds. The second kappa shape index (κ2) is 4.18. The number of nitriles is 1. The standard InChI is InChI=1S/C10H10N2O2/c11-5-8-1-2-9(12-6-8)10-7-13-3-4-14-10/h1-2,6,10H,3-4,7H2. The Kier molecular flexibility index (Phi) is 2.73. The molecular weight excluding hydrogens is 180 g/mol. The molecule has 1 aromatic heterocycles. The molecule has 2 heterocycles. The van der Waals surface area contributed by atoms with Crippen molar-refractivity contribution in [1.82, 2.24) is 4.98 Å². The van der Waals surface area contributed by atoms with Crippen molar-refractivity contribution in [3.63, 3.8) is 0 Å². The minimum absolute atomic E-state index is 0.0866. The van der Waals surface area contributed by atoms with E-state index in [4.69, 9.17) is 14.7 Å². The third-order valence-corrected chi connectivity index (χ3v) is 2.06. The first-order chi connectivity index (χ1) is 6.90. The summed E-state index contributed by atoms with van der Waals surface area (Å²) in [7, 11) is 0. The van der Waals surface area contributed by atoms with Crippen LogP contribution >= 0.6 is 0 Å². The summed E-state index contributed by atoms with van der Waals surface area (Å²) in [5, 5.41) is 8.59. The molecule has 0 spiro atoms. The molecule has 1 aromatic rings. The summed E-state index contributed by atoms with van der Waals surface area (Å²) in [5.41, 5.74) is 1.38. The van der Waals surface area contributed by atoms with Gasteiger partial charge in [-0.05, 0) is 12.1 Å². The first-order valence-electron chi connectivity index (χ1n) is 4.45. The highest BCUT2D eigenvalue weighted by molar-refractivity contribution is 5.26. The van der Waals surface area contributed by atoms with Crippen molar-refractivity contribution in [1.29, 1.82) is 5.26 Å². The van der Waals surface area contributed by atoms with Crippen LogP contribution in [-0.4, -0.2) is 24.8 Å².